The van der Waals surface area contributed by atoms with Gasteiger partial charge in [-0.15, -0.1) is 0 Å². The molecule has 1 fully saturated rings. The van der Waals surface area contributed by atoms with Crippen molar-refractivity contribution in [2.24, 2.45) is 5.92 Å². The Kier molecular flexibility index (Phi) is 4.74. The highest BCUT2D eigenvalue weighted by molar-refractivity contribution is 7.22. The molecule has 1 aliphatic rings. The van der Waals surface area contributed by atoms with Crippen molar-refractivity contribution in [3.8, 4) is 0 Å². The summed E-state index contributed by atoms with van der Waals surface area (Å²) in [6.45, 7) is 5.88. The molecular formula is C21H22N2O2S. The number of carbonyl (C=O) groups is 1. The molecule has 0 radical (unpaired) electrons. The van der Waals surface area contributed by atoms with E-state index in [1.54, 1.807) is 11.3 Å². The zero-order chi connectivity index (χ0) is 18.1. The number of aromatic nitrogens is 1. The fraction of sp³-hybridized carbons (Fsp3) is 0.333. The van der Waals surface area contributed by atoms with Gasteiger partial charge in [-0.3, -0.25) is 9.69 Å². The van der Waals surface area contributed by atoms with Crippen LogP contribution in [0.1, 0.15) is 23.1 Å². The summed E-state index contributed by atoms with van der Waals surface area (Å²) in [5.41, 5.74) is 4.47. The monoisotopic (exact) mass is 366 g/mol. The molecule has 1 aliphatic heterocycles. The molecule has 1 saturated heterocycles. The summed E-state index contributed by atoms with van der Waals surface area (Å²) in [7, 11) is 0. The summed E-state index contributed by atoms with van der Waals surface area (Å²) in [6.07, 6.45) is 0.785. The molecule has 134 valence electrons. The molecule has 1 amide bonds. The van der Waals surface area contributed by atoms with E-state index in [0.29, 0.717) is 19.8 Å². The lowest BCUT2D eigenvalue weighted by Gasteiger charge is -2.22. The van der Waals surface area contributed by atoms with Crippen LogP contribution in [0.25, 0.3) is 10.2 Å². The molecule has 1 atom stereocenters. The molecule has 2 aromatic carbocycles. The third-order valence-electron chi connectivity index (χ3n) is 4.77. The van der Waals surface area contributed by atoms with Crippen LogP contribution in [-0.4, -0.2) is 24.1 Å². The van der Waals surface area contributed by atoms with Gasteiger partial charge in [0.1, 0.15) is 0 Å². The zero-order valence-electron chi connectivity index (χ0n) is 15.1. The average molecular weight is 366 g/mol. The second-order valence-corrected chi connectivity index (χ2v) is 7.87. The lowest BCUT2D eigenvalue weighted by molar-refractivity contribution is -0.122. The summed E-state index contributed by atoms with van der Waals surface area (Å²) in [5, 5.41) is 0.773. The topological polar surface area (TPSA) is 42.4 Å². The fourth-order valence-electron chi connectivity index (χ4n) is 3.44. The minimum atomic E-state index is -0.0754. The van der Waals surface area contributed by atoms with Crippen LogP contribution in [0.4, 0.5) is 5.13 Å². The van der Waals surface area contributed by atoms with Crippen molar-refractivity contribution in [2.75, 3.05) is 18.1 Å². The molecule has 0 aliphatic carbocycles. The predicted octanol–water partition coefficient (Wildman–Crippen LogP) is 4.48. The SMILES string of the molecule is Cc1cc(C)c2sc(N(Cc3ccccc3)C(=O)C3CCOC3)nc2c1. The maximum absolute atomic E-state index is 13.2. The Morgan fingerprint density at radius 3 is 2.81 bits per heavy atom. The predicted molar refractivity (Wildman–Crippen MR) is 106 cm³/mol. The number of anilines is 1. The summed E-state index contributed by atoms with van der Waals surface area (Å²) < 4.78 is 6.60. The van der Waals surface area contributed by atoms with Crippen LogP contribution in [0.2, 0.25) is 0 Å². The molecule has 1 unspecified atom stereocenters. The van der Waals surface area contributed by atoms with Crippen LogP contribution in [0, 0.1) is 19.8 Å². The van der Waals surface area contributed by atoms with Crippen LogP contribution < -0.4 is 4.90 Å². The molecule has 0 spiro atoms. The standard InChI is InChI=1S/C21H22N2O2S/c1-14-10-15(2)19-18(11-14)22-21(26-19)23(12-16-6-4-3-5-7-16)20(24)17-8-9-25-13-17/h3-7,10-11,17H,8-9,12-13H2,1-2H3. The molecule has 26 heavy (non-hydrogen) atoms. The number of carbonyl (C=O) groups excluding carboxylic acids is 1. The lowest BCUT2D eigenvalue weighted by atomic mass is 10.1. The first-order valence-corrected chi connectivity index (χ1v) is 9.74. The third-order valence-corrected chi connectivity index (χ3v) is 6.00. The molecule has 2 heterocycles. The van der Waals surface area contributed by atoms with E-state index in [2.05, 4.69) is 26.0 Å². The Bertz CT molecular complexity index is 930. The molecule has 0 saturated carbocycles. The van der Waals surface area contributed by atoms with Crippen molar-refractivity contribution in [1.29, 1.82) is 0 Å². The summed E-state index contributed by atoms with van der Waals surface area (Å²) in [4.78, 5) is 19.8. The highest BCUT2D eigenvalue weighted by atomic mass is 32.1. The number of fused-ring (bicyclic) bond motifs is 1. The second kappa shape index (κ2) is 7.17. The van der Waals surface area contributed by atoms with Crippen LogP contribution in [-0.2, 0) is 16.1 Å². The number of rotatable bonds is 4. The van der Waals surface area contributed by atoms with E-state index in [4.69, 9.17) is 9.72 Å². The van der Waals surface area contributed by atoms with Gasteiger partial charge >= 0.3 is 0 Å². The Morgan fingerprint density at radius 2 is 2.08 bits per heavy atom. The Balaban J connectivity index is 1.74. The van der Waals surface area contributed by atoms with Crippen molar-refractivity contribution in [1.82, 2.24) is 4.98 Å². The van der Waals surface area contributed by atoms with Gasteiger partial charge in [0.2, 0.25) is 5.91 Å². The van der Waals surface area contributed by atoms with Crippen molar-refractivity contribution in [3.05, 3.63) is 59.2 Å². The fourth-order valence-corrected chi connectivity index (χ4v) is 4.46. The summed E-state index contributed by atoms with van der Waals surface area (Å²) >= 11 is 1.60. The van der Waals surface area contributed by atoms with Crippen molar-refractivity contribution >= 4 is 32.6 Å². The number of ether oxygens (including phenoxy) is 1. The van der Waals surface area contributed by atoms with Gasteiger partial charge in [-0.2, -0.15) is 0 Å². The van der Waals surface area contributed by atoms with Crippen molar-refractivity contribution in [3.63, 3.8) is 0 Å². The van der Waals surface area contributed by atoms with Gasteiger partial charge in [-0.05, 0) is 43.0 Å². The van der Waals surface area contributed by atoms with E-state index in [1.165, 1.54) is 11.1 Å². The van der Waals surface area contributed by atoms with E-state index >= 15 is 0 Å². The Morgan fingerprint density at radius 1 is 1.27 bits per heavy atom. The first-order valence-electron chi connectivity index (χ1n) is 8.92. The maximum Gasteiger partial charge on any atom is 0.234 e. The average Bonchev–Trinajstić information content (AvgIpc) is 3.29. The summed E-state index contributed by atoms with van der Waals surface area (Å²) in [5.74, 6) is 0.0355. The quantitative estimate of drug-likeness (QED) is 0.683. The lowest BCUT2D eigenvalue weighted by Crippen LogP contribution is -2.36. The maximum atomic E-state index is 13.2. The van der Waals surface area contributed by atoms with Crippen LogP contribution in [0.5, 0.6) is 0 Å². The van der Waals surface area contributed by atoms with E-state index in [-0.39, 0.29) is 11.8 Å². The van der Waals surface area contributed by atoms with Gasteiger partial charge in [0, 0.05) is 6.61 Å². The van der Waals surface area contributed by atoms with Gasteiger partial charge in [0.25, 0.3) is 0 Å². The molecule has 5 heteroatoms. The molecule has 0 N–H and O–H groups in total. The Labute approximate surface area is 157 Å². The zero-order valence-corrected chi connectivity index (χ0v) is 15.9. The molecular weight excluding hydrogens is 344 g/mol. The molecule has 3 aromatic rings. The molecule has 1 aromatic heterocycles. The molecule has 0 bridgehead atoms. The smallest absolute Gasteiger partial charge is 0.234 e. The van der Waals surface area contributed by atoms with Gasteiger partial charge in [-0.25, -0.2) is 4.98 Å². The number of hydrogen-bond donors (Lipinski definition) is 0. The number of amides is 1. The largest absolute Gasteiger partial charge is 0.381 e. The van der Waals surface area contributed by atoms with E-state index in [1.807, 2.05) is 35.2 Å². The van der Waals surface area contributed by atoms with E-state index in [0.717, 1.165) is 27.3 Å². The van der Waals surface area contributed by atoms with Gasteiger partial charge in [0.15, 0.2) is 5.13 Å². The van der Waals surface area contributed by atoms with Gasteiger partial charge in [0.05, 0.1) is 29.3 Å². The second-order valence-electron chi connectivity index (χ2n) is 6.90. The van der Waals surface area contributed by atoms with Crippen LogP contribution in [0.3, 0.4) is 0 Å². The third kappa shape index (κ3) is 3.37. The highest BCUT2D eigenvalue weighted by Gasteiger charge is 2.30. The minimum Gasteiger partial charge on any atom is -0.381 e. The first-order chi connectivity index (χ1) is 12.6. The molecule has 4 nitrogen and oxygen atoms in total. The minimum absolute atomic E-state index is 0.0754. The normalized spacial score (nSPS) is 16.9. The first kappa shape index (κ1) is 17.2. The van der Waals surface area contributed by atoms with Crippen molar-refractivity contribution in [2.45, 2.75) is 26.8 Å². The Hall–Kier alpha value is -2.24. The molecule has 4 rings (SSSR count). The number of aryl methyl sites for hydroxylation is 2. The van der Waals surface area contributed by atoms with Gasteiger partial charge < -0.3 is 4.74 Å². The number of benzene rings is 2. The van der Waals surface area contributed by atoms with Crippen molar-refractivity contribution < 1.29 is 9.53 Å². The van der Waals surface area contributed by atoms with Crippen LogP contribution >= 0.6 is 11.3 Å². The van der Waals surface area contributed by atoms with Gasteiger partial charge in [-0.1, -0.05) is 47.7 Å². The summed E-state index contributed by atoms with van der Waals surface area (Å²) in [6, 6.07) is 14.3. The number of thiazole rings is 1. The number of hydrogen-bond acceptors (Lipinski definition) is 4. The number of nitrogens with zero attached hydrogens (tertiary/aromatic N) is 2. The van der Waals surface area contributed by atoms with E-state index < -0.39 is 0 Å². The van der Waals surface area contributed by atoms with E-state index in [9.17, 15) is 4.79 Å². The highest BCUT2D eigenvalue weighted by Crippen LogP contribution is 2.34. The van der Waals surface area contributed by atoms with Crippen LogP contribution in [0.15, 0.2) is 42.5 Å².